The molecule has 0 amide bonds. The molecular weight excluding hydrogens is 1040 g/mol. The maximum atomic E-state index is 7.10. The Kier molecular flexibility index (Phi) is 15.6. The number of benzene rings is 8. The summed E-state index contributed by atoms with van der Waals surface area (Å²) in [5.41, 5.74) is 5.03. The zero-order chi connectivity index (χ0) is 38.8. The fraction of sp³-hybridized carbons (Fsp3) is 0.0189. The molecule has 2 heterocycles. The maximum Gasteiger partial charge on any atom is 1.00 e. The van der Waals surface area contributed by atoms with E-state index in [2.05, 4.69) is 133 Å². The van der Waals surface area contributed by atoms with Crippen molar-refractivity contribution in [1.82, 2.24) is 0 Å². The summed E-state index contributed by atoms with van der Waals surface area (Å²) in [6.07, 6.45) is 14.2. The largest absolute Gasteiger partial charge is 1.00 e. The molecule has 0 unspecified atom stereocenters. The summed E-state index contributed by atoms with van der Waals surface area (Å²) < 4.78 is 11.3. The van der Waals surface area contributed by atoms with Gasteiger partial charge in [-0.15, -0.1) is 35.4 Å². The van der Waals surface area contributed by atoms with E-state index in [1.54, 1.807) is 0 Å². The number of rotatable bonds is 6. The van der Waals surface area contributed by atoms with Crippen LogP contribution in [0.2, 0.25) is 0 Å². The van der Waals surface area contributed by atoms with Gasteiger partial charge in [-0.2, -0.15) is 0 Å². The van der Waals surface area contributed by atoms with Gasteiger partial charge in [0.1, 0.15) is 59.4 Å². The van der Waals surface area contributed by atoms with Crippen molar-refractivity contribution in [2.75, 3.05) is 5.90 Å². The minimum absolute atomic E-state index is 0. The van der Waals surface area contributed by atoms with Gasteiger partial charge in [0.15, 0.2) is 5.90 Å². The monoisotopic (exact) mass is 1070 g/mol. The molecule has 0 bridgehead atoms. The number of furan rings is 2. The normalized spacial score (nSPS) is 10.4. The Hall–Kier alpha value is -5.18. The van der Waals surface area contributed by atoms with Crippen LogP contribution in [0.25, 0.3) is 43.9 Å². The number of fused-ring (bicyclic) bond motifs is 6. The third kappa shape index (κ3) is 10.3. The SMILES string of the molecule is [Ag+].[Au+].[C-]#Cc1ccc2oc3ccccc3c2c1.[C-]#Cc1ccc2oc3ccccc3c2c1.c1ccc([PH+](C[PH+](c2ccccc2)c2ccccc2)c2ccccc2)cc1. The summed E-state index contributed by atoms with van der Waals surface area (Å²) in [6, 6.07) is 71.5. The van der Waals surface area contributed by atoms with Gasteiger partial charge in [0.2, 0.25) is 0 Å². The van der Waals surface area contributed by atoms with Gasteiger partial charge in [0.05, 0.1) is 0 Å². The first-order valence-electron chi connectivity index (χ1n) is 18.8. The number of hydrogen-bond acceptors (Lipinski definition) is 2. The van der Waals surface area contributed by atoms with Crippen LogP contribution in [0.3, 0.4) is 0 Å². The molecule has 0 fully saturated rings. The topological polar surface area (TPSA) is 26.3 Å². The molecule has 0 aliphatic heterocycles. The van der Waals surface area contributed by atoms with Crippen LogP contribution in [-0.4, -0.2) is 5.90 Å². The molecule has 0 saturated carbocycles. The van der Waals surface area contributed by atoms with E-state index in [4.69, 9.17) is 21.7 Å². The molecule has 10 aromatic rings. The van der Waals surface area contributed by atoms with Gasteiger partial charge in [-0.05, 0) is 72.8 Å². The van der Waals surface area contributed by atoms with E-state index in [-0.39, 0.29) is 44.8 Å². The Balaban J connectivity index is 0.000000156. The Morgan fingerprint density at radius 3 is 0.966 bits per heavy atom. The quantitative estimate of drug-likeness (QED) is 0.0718. The van der Waals surface area contributed by atoms with E-state index in [1.165, 1.54) is 27.1 Å². The van der Waals surface area contributed by atoms with Gasteiger partial charge < -0.3 is 21.7 Å². The smallest absolute Gasteiger partial charge is 0.456 e. The minimum atomic E-state index is -0.847. The van der Waals surface area contributed by atoms with Crippen LogP contribution in [0.15, 0.2) is 215 Å². The molecule has 0 N–H and O–H groups in total. The molecule has 6 heteroatoms. The predicted molar refractivity (Wildman–Crippen MR) is 246 cm³/mol. The van der Waals surface area contributed by atoms with E-state index >= 15 is 0 Å². The standard InChI is InChI=1S/C25H22P2.2C14H7O.Ag.Au/c1-5-13-22(14-6-1)26(23-15-7-2-8-16-23)21-27(24-17-9-3-10-18-24)25-19-11-4-12-20-25;2*1-2-10-7-8-14-12(9-10)11-5-3-4-6-13(11)15-14;;/h1-20H,21H2;2*3-9H;;/q;2*-1;2*+1/p+2. The van der Waals surface area contributed by atoms with Gasteiger partial charge in [-0.1, -0.05) is 109 Å². The van der Waals surface area contributed by atoms with Gasteiger partial charge in [-0.3, -0.25) is 11.8 Å². The van der Waals surface area contributed by atoms with Crippen molar-refractivity contribution in [3.8, 4) is 11.8 Å². The second-order valence-corrected chi connectivity index (χ2v) is 19.1. The summed E-state index contributed by atoms with van der Waals surface area (Å²) in [7, 11) is -1.69. The molecule has 0 radical (unpaired) electrons. The molecule has 8 aromatic carbocycles. The molecule has 59 heavy (non-hydrogen) atoms. The maximum absolute atomic E-state index is 7.10. The van der Waals surface area contributed by atoms with Crippen LogP contribution in [0.1, 0.15) is 11.1 Å². The second kappa shape index (κ2) is 21.2. The van der Waals surface area contributed by atoms with Crippen LogP contribution in [0.5, 0.6) is 0 Å². The molecule has 0 spiro atoms. The van der Waals surface area contributed by atoms with Crippen LogP contribution in [-0.2, 0) is 44.8 Å². The van der Waals surface area contributed by atoms with Crippen molar-refractivity contribution in [3.05, 3.63) is 230 Å². The van der Waals surface area contributed by atoms with E-state index in [0.29, 0.717) is 0 Å². The molecule has 2 aromatic heterocycles. The summed E-state index contributed by atoms with van der Waals surface area (Å²) >= 11 is 0. The Labute approximate surface area is 379 Å². The average Bonchev–Trinajstić information content (AvgIpc) is 3.86. The van der Waals surface area contributed by atoms with Gasteiger partial charge >= 0.3 is 44.8 Å². The third-order valence-corrected chi connectivity index (χ3v) is 16.8. The first kappa shape index (κ1) is 43.4. The van der Waals surface area contributed by atoms with Gasteiger partial charge in [0.25, 0.3) is 0 Å². The van der Waals surface area contributed by atoms with E-state index in [0.717, 1.165) is 55.0 Å². The fourth-order valence-corrected chi connectivity index (χ4v) is 14.8. The van der Waals surface area contributed by atoms with Crippen molar-refractivity contribution in [2.24, 2.45) is 0 Å². The molecule has 0 atom stereocenters. The van der Waals surface area contributed by atoms with Crippen molar-refractivity contribution >= 4 is 80.9 Å². The molecule has 2 nitrogen and oxygen atoms in total. The van der Waals surface area contributed by atoms with Crippen molar-refractivity contribution in [3.63, 3.8) is 0 Å². The predicted octanol–water partition coefficient (Wildman–Crippen LogP) is 11.7. The first-order chi connectivity index (χ1) is 28.2. The number of para-hydroxylation sites is 2. The van der Waals surface area contributed by atoms with Crippen LogP contribution >= 0.6 is 15.8 Å². The molecule has 292 valence electrons. The summed E-state index contributed by atoms with van der Waals surface area (Å²) in [6.45, 7) is 0. The van der Waals surface area contributed by atoms with Gasteiger partial charge in [-0.25, -0.2) is 0 Å². The fourth-order valence-electron chi connectivity index (χ4n) is 7.08. The van der Waals surface area contributed by atoms with Crippen LogP contribution in [0, 0.1) is 24.7 Å². The van der Waals surface area contributed by atoms with Gasteiger partial charge in [0, 0.05) is 21.5 Å². The molecule has 0 aliphatic rings. The Morgan fingerprint density at radius 2 is 0.644 bits per heavy atom. The van der Waals surface area contributed by atoms with E-state index < -0.39 is 15.8 Å². The zero-order valence-electron chi connectivity index (χ0n) is 31.8. The molecule has 0 saturated heterocycles. The first-order valence-corrected chi connectivity index (χ1v) is 22.2. The summed E-state index contributed by atoms with van der Waals surface area (Å²) in [5.74, 6) is 6.01. The van der Waals surface area contributed by atoms with Crippen LogP contribution in [0.4, 0.5) is 0 Å². The van der Waals surface area contributed by atoms with E-state index in [9.17, 15) is 0 Å². The van der Waals surface area contributed by atoms with Crippen molar-refractivity contribution < 1.29 is 53.6 Å². The minimum Gasteiger partial charge on any atom is -0.456 e. The second-order valence-electron chi connectivity index (χ2n) is 13.5. The molecule has 10 rings (SSSR count). The Morgan fingerprint density at radius 1 is 0.356 bits per heavy atom. The molecule has 0 aliphatic carbocycles. The van der Waals surface area contributed by atoms with Crippen molar-refractivity contribution in [1.29, 1.82) is 0 Å². The average molecular weight is 1070 g/mol. The Bertz CT molecular complexity index is 2690. The molecular formula is C53H38AgAuO2P2+2. The third-order valence-electron chi connectivity index (χ3n) is 9.88. The van der Waals surface area contributed by atoms with E-state index in [1.807, 2.05) is 84.9 Å². The summed E-state index contributed by atoms with van der Waals surface area (Å²) in [5, 5.41) is 10.3. The number of hydrogen-bond donors (Lipinski definition) is 0. The van der Waals surface area contributed by atoms with Crippen molar-refractivity contribution in [2.45, 2.75) is 0 Å². The zero-order valence-corrected chi connectivity index (χ0v) is 37.4. The summed E-state index contributed by atoms with van der Waals surface area (Å²) in [4.78, 5) is 0. The van der Waals surface area contributed by atoms with Crippen LogP contribution < -0.4 is 21.2 Å².